The third-order valence-electron chi connectivity index (χ3n) is 5.18. The number of likely N-dealkylation sites (N-methyl/N-ethyl adjacent to an activating group) is 1. The fourth-order valence-corrected chi connectivity index (χ4v) is 3.61. The number of aliphatic imine (C=N–C) groups is 1. The van der Waals surface area contributed by atoms with E-state index in [1.807, 2.05) is 25.8 Å². The van der Waals surface area contributed by atoms with Gasteiger partial charge in [-0.3, -0.25) is 15.2 Å². The summed E-state index contributed by atoms with van der Waals surface area (Å²) in [7, 11) is 1.84. The van der Waals surface area contributed by atoms with Gasteiger partial charge in [-0.15, -0.1) is 0 Å². The zero-order valence-electron chi connectivity index (χ0n) is 18.1. The maximum Gasteiger partial charge on any atom is 0.246 e. The Balaban J connectivity index is 2.41. The Hall–Kier alpha value is -3.14. The van der Waals surface area contributed by atoms with E-state index in [4.69, 9.17) is 28.5 Å². The van der Waals surface area contributed by atoms with Crippen LogP contribution in [-0.2, 0) is 4.79 Å². The molecular formula is C20H30ClN9O. The highest BCUT2D eigenvalue weighted by Gasteiger charge is 2.32. The monoisotopic (exact) mass is 447 g/mol. The largest absolute Gasteiger partial charge is 0.403 e. The Labute approximate surface area is 187 Å². The first kappa shape index (κ1) is 24.1. The number of hydrogen-bond donors (Lipinski definition) is 4. The molecule has 1 saturated heterocycles. The molecule has 11 heteroatoms. The Morgan fingerprint density at radius 1 is 1.48 bits per heavy atom. The second-order valence-corrected chi connectivity index (χ2v) is 7.58. The molecule has 1 aromatic heterocycles. The molecule has 1 aliphatic heterocycles. The highest BCUT2D eigenvalue weighted by Crippen LogP contribution is 2.30. The summed E-state index contributed by atoms with van der Waals surface area (Å²) in [5.74, 6) is 0.535. The van der Waals surface area contributed by atoms with Gasteiger partial charge in [0.25, 0.3) is 0 Å². The van der Waals surface area contributed by atoms with Crippen molar-refractivity contribution in [3.05, 3.63) is 30.1 Å². The summed E-state index contributed by atoms with van der Waals surface area (Å²) in [5.41, 5.74) is 12.5. The molecule has 0 aromatic carbocycles. The zero-order valence-corrected chi connectivity index (χ0v) is 18.9. The van der Waals surface area contributed by atoms with Crippen molar-refractivity contribution in [2.45, 2.75) is 38.8 Å². The number of nitrogens with two attached hydrogens (primary N) is 2. The third kappa shape index (κ3) is 5.72. The summed E-state index contributed by atoms with van der Waals surface area (Å²) in [5, 5.41) is 10.7. The van der Waals surface area contributed by atoms with E-state index in [9.17, 15) is 4.79 Å². The molecule has 0 saturated carbocycles. The number of likely N-dealkylation sites (tertiary alicyclic amines) is 1. The minimum Gasteiger partial charge on any atom is -0.403 e. The van der Waals surface area contributed by atoms with Crippen LogP contribution >= 0.6 is 11.6 Å². The van der Waals surface area contributed by atoms with Gasteiger partial charge in [0.05, 0.1) is 11.3 Å². The fraction of sp³-hybridized carbons (Fsp3) is 0.450. The lowest BCUT2D eigenvalue weighted by Crippen LogP contribution is -2.52. The molecule has 1 amide bonds. The van der Waals surface area contributed by atoms with Crippen molar-refractivity contribution in [2.24, 2.45) is 10.7 Å². The first-order chi connectivity index (χ1) is 14.7. The van der Waals surface area contributed by atoms with Gasteiger partial charge in [-0.1, -0.05) is 18.2 Å². The van der Waals surface area contributed by atoms with Crippen molar-refractivity contribution in [1.82, 2.24) is 14.9 Å². The second kappa shape index (κ2) is 10.8. The average molecular weight is 448 g/mol. The Morgan fingerprint density at radius 3 is 2.77 bits per heavy atom. The zero-order chi connectivity index (χ0) is 23.1. The van der Waals surface area contributed by atoms with Crippen molar-refractivity contribution in [2.75, 3.05) is 36.1 Å². The van der Waals surface area contributed by atoms with Gasteiger partial charge in [-0.05, 0) is 32.8 Å². The number of carbonyl (C=O) groups is 1. The highest BCUT2D eigenvalue weighted by atomic mass is 35.5. The lowest BCUT2D eigenvalue weighted by atomic mass is 9.98. The van der Waals surface area contributed by atoms with Gasteiger partial charge in [0, 0.05) is 44.6 Å². The molecule has 0 bridgehead atoms. The molecule has 31 heavy (non-hydrogen) atoms. The normalized spacial score (nSPS) is 19.4. The Bertz CT molecular complexity index is 899. The van der Waals surface area contributed by atoms with E-state index in [2.05, 4.69) is 26.9 Å². The topological polar surface area (TPSA) is 150 Å². The second-order valence-electron chi connectivity index (χ2n) is 7.21. The molecule has 1 aliphatic rings. The van der Waals surface area contributed by atoms with Crippen LogP contribution in [0.5, 0.6) is 0 Å². The van der Waals surface area contributed by atoms with E-state index in [0.717, 1.165) is 12.8 Å². The summed E-state index contributed by atoms with van der Waals surface area (Å²) in [6, 6.07) is 0.0620. The standard InChI is InChI=1S/C20H30ClN9O/c1-5-15(31)30-11-14(8-7-12(30)3)29(4)19-16(17(21)23)18(24)27-20(28-19)26-13(9-22)10-25-6-2/h5,9-10,12,14,23H,1,6-8,11,22H2,2-4H3,(H3,24,26,27,28)/t12-,14+/m0/s1. The molecule has 1 fully saturated rings. The third-order valence-corrected chi connectivity index (χ3v) is 5.37. The smallest absolute Gasteiger partial charge is 0.246 e. The van der Waals surface area contributed by atoms with Crippen LogP contribution in [0.25, 0.3) is 0 Å². The van der Waals surface area contributed by atoms with Crippen LogP contribution in [-0.4, -0.2) is 64.4 Å². The predicted octanol–water partition coefficient (Wildman–Crippen LogP) is 1.93. The number of rotatable bonds is 8. The van der Waals surface area contributed by atoms with Gasteiger partial charge in [0.1, 0.15) is 16.8 Å². The van der Waals surface area contributed by atoms with Crippen LogP contribution in [0.2, 0.25) is 0 Å². The Morgan fingerprint density at radius 2 is 2.19 bits per heavy atom. The van der Waals surface area contributed by atoms with Crippen LogP contribution in [0.4, 0.5) is 17.6 Å². The van der Waals surface area contributed by atoms with Crippen LogP contribution < -0.4 is 21.7 Å². The SMILES string of the molecule is C=CC(=O)N1C[C@H](N(C)c2nc(NC(C=NCC)=CN)nc(N)c2C(=N)Cl)CC[C@@H]1C. The number of nitrogen functional groups attached to an aromatic ring is 1. The maximum absolute atomic E-state index is 12.3. The summed E-state index contributed by atoms with van der Waals surface area (Å²) in [6.07, 6.45) is 5.89. The van der Waals surface area contributed by atoms with E-state index in [1.54, 1.807) is 11.1 Å². The van der Waals surface area contributed by atoms with E-state index in [-0.39, 0.29) is 40.5 Å². The highest BCUT2D eigenvalue weighted by molar-refractivity contribution is 6.69. The molecule has 0 spiro atoms. The number of allylic oxidation sites excluding steroid dienone is 1. The van der Waals surface area contributed by atoms with Gasteiger partial charge in [-0.2, -0.15) is 9.97 Å². The number of amides is 1. The summed E-state index contributed by atoms with van der Waals surface area (Å²) in [4.78, 5) is 28.8. The predicted molar refractivity (Wildman–Crippen MR) is 127 cm³/mol. The lowest BCUT2D eigenvalue weighted by Gasteiger charge is -2.41. The van der Waals surface area contributed by atoms with Crippen LogP contribution in [0.1, 0.15) is 32.3 Å². The van der Waals surface area contributed by atoms with Crippen molar-refractivity contribution in [3.8, 4) is 0 Å². The number of piperidine rings is 1. The number of halogens is 1. The minimum atomic E-state index is -0.267. The van der Waals surface area contributed by atoms with Crippen LogP contribution in [0.15, 0.2) is 29.5 Å². The van der Waals surface area contributed by atoms with Gasteiger partial charge >= 0.3 is 0 Å². The number of aromatic nitrogens is 2. The summed E-state index contributed by atoms with van der Waals surface area (Å²) >= 11 is 6.02. The van der Waals surface area contributed by atoms with E-state index >= 15 is 0 Å². The number of nitrogens with one attached hydrogen (secondary N) is 2. The maximum atomic E-state index is 12.3. The molecule has 0 aliphatic carbocycles. The summed E-state index contributed by atoms with van der Waals surface area (Å²) < 4.78 is 0. The molecule has 1 aromatic rings. The Kier molecular flexibility index (Phi) is 8.38. The molecule has 168 valence electrons. The van der Waals surface area contributed by atoms with E-state index < -0.39 is 0 Å². The molecule has 0 radical (unpaired) electrons. The number of nitrogens with zero attached hydrogens (tertiary/aromatic N) is 5. The van der Waals surface area contributed by atoms with Gasteiger partial charge in [0.15, 0.2) is 0 Å². The first-order valence-corrected chi connectivity index (χ1v) is 10.4. The number of hydrogen-bond acceptors (Lipinski definition) is 9. The van der Waals surface area contributed by atoms with Crippen molar-refractivity contribution in [3.63, 3.8) is 0 Å². The molecular weight excluding hydrogens is 418 g/mol. The van der Waals surface area contributed by atoms with Crippen molar-refractivity contribution in [1.29, 1.82) is 5.41 Å². The van der Waals surface area contributed by atoms with Gasteiger partial charge in [-0.25, -0.2) is 0 Å². The molecule has 0 unspecified atom stereocenters. The molecule has 6 N–H and O–H groups in total. The van der Waals surface area contributed by atoms with Crippen LogP contribution in [0.3, 0.4) is 0 Å². The summed E-state index contributed by atoms with van der Waals surface area (Å²) in [6.45, 7) is 8.59. The quantitative estimate of drug-likeness (QED) is 0.351. The molecule has 2 heterocycles. The fourth-order valence-electron chi connectivity index (χ4n) is 3.42. The molecule has 2 rings (SSSR count). The van der Waals surface area contributed by atoms with Crippen molar-refractivity contribution < 1.29 is 4.79 Å². The average Bonchev–Trinajstić information content (AvgIpc) is 2.75. The molecule has 10 nitrogen and oxygen atoms in total. The van der Waals surface area contributed by atoms with E-state index in [1.165, 1.54) is 12.3 Å². The molecule has 2 atom stereocenters. The number of carbonyl (C=O) groups excluding carboxylic acids is 1. The lowest BCUT2D eigenvalue weighted by molar-refractivity contribution is -0.129. The first-order valence-electron chi connectivity index (χ1n) is 9.99. The van der Waals surface area contributed by atoms with Crippen molar-refractivity contribution >= 4 is 46.5 Å². The van der Waals surface area contributed by atoms with E-state index in [0.29, 0.717) is 24.6 Å². The van der Waals surface area contributed by atoms with Gasteiger partial charge < -0.3 is 26.6 Å². The van der Waals surface area contributed by atoms with Crippen LogP contribution in [0, 0.1) is 5.41 Å². The number of anilines is 3. The van der Waals surface area contributed by atoms with Gasteiger partial charge in [0.2, 0.25) is 11.9 Å². The minimum absolute atomic E-state index is 0.0526.